The van der Waals surface area contributed by atoms with Crippen LogP contribution < -0.4 is 4.90 Å². The number of para-hydroxylation sites is 1. The summed E-state index contributed by atoms with van der Waals surface area (Å²) in [6.45, 7) is 1.90. The van der Waals surface area contributed by atoms with Crippen LogP contribution in [0.25, 0.3) is 16.4 Å². The van der Waals surface area contributed by atoms with Crippen LogP contribution >= 0.6 is 11.3 Å². The zero-order chi connectivity index (χ0) is 24.4. The Balaban J connectivity index is 1.35. The third-order valence-corrected chi connectivity index (χ3v) is 6.59. The molecule has 4 aromatic rings. The predicted octanol–water partition coefficient (Wildman–Crippen LogP) is 4.76. The maximum atomic E-state index is 13.3. The van der Waals surface area contributed by atoms with E-state index in [1.807, 2.05) is 52.7 Å². The Hall–Kier alpha value is -3.73. The smallest absolute Gasteiger partial charge is 0.355 e. The van der Waals surface area contributed by atoms with E-state index in [1.54, 1.807) is 9.58 Å². The van der Waals surface area contributed by atoms with E-state index < -0.39 is 11.7 Å². The third-order valence-electron chi connectivity index (χ3n) is 5.72. The summed E-state index contributed by atoms with van der Waals surface area (Å²) >= 11 is 1.52. The van der Waals surface area contributed by atoms with Gasteiger partial charge in [0.25, 0.3) is 5.91 Å². The molecule has 1 aliphatic rings. The number of hydrogen-bond donors (Lipinski definition) is 0. The number of pyridine rings is 1. The predicted molar refractivity (Wildman–Crippen MR) is 127 cm³/mol. The Morgan fingerprint density at radius 1 is 0.943 bits per heavy atom. The Kier molecular flexibility index (Phi) is 6.25. The minimum Gasteiger partial charge on any atom is -0.355 e. The van der Waals surface area contributed by atoms with Gasteiger partial charge in [-0.15, -0.1) is 16.4 Å². The van der Waals surface area contributed by atoms with Gasteiger partial charge in [0.05, 0.1) is 16.1 Å². The van der Waals surface area contributed by atoms with Gasteiger partial charge in [0, 0.05) is 32.4 Å². The Morgan fingerprint density at radius 2 is 1.77 bits per heavy atom. The fourth-order valence-corrected chi connectivity index (χ4v) is 4.65. The normalized spacial score (nSPS) is 14.7. The minimum absolute atomic E-state index is 0.110. The first kappa shape index (κ1) is 23.0. The Morgan fingerprint density at radius 3 is 2.46 bits per heavy atom. The molecule has 7 nitrogen and oxygen atoms in total. The van der Waals surface area contributed by atoms with Crippen LogP contribution in [0.15, 0.2) is 66.2 Å². The minimum atomic E-state index is -4.42. The molecule has 11 heteroatoms. The van der Waals surface area contributed by atoms with E-state index in [-0.39, 0.29) is 11.7 Å². The zero-order valence-corrected chi connectivity index (χ0v) is 19.3. The van der Waals surface area contributed by atoms with E-state index >= 15 is 0 Å². The number of thiophene rings is 1. The topological polar surface area (TPSA) is 67.2 Å². The largest absolute Gasteiger partial charge is 0.417 e. The number of aromatic nitrogens is 4. The van der Waals surface area contributed by atoms with E-state index in [9.17, 15) is 18.0 Å². The molecule has 1 fully saturated rings. The lowest BCUT2D eigenvalue weighted by Gasteiger charge is -2.22. The van der Waals surface area contributed by atoms with Gasteiger partial charge < -0.3 is 9.80 Å². The van der Waals surface area contributed by atoms with Gasteiger partial charge in [0.15, 0.2) is 5.82 Å². The number of rotatable bonds is 4. The second kappa shape index (κ2) is 9.49. The molecule has 0 bridgehead atoms. The highest BCUT2D eigenvalue weighted by atomic mass is 32.1. The molecular weight excluding hydrogens is 477 g/mol. The summed E-state index contributed by atoms with van der Waals surface area (Å²) in [5.74, 6) is 0.886. The summed E-state index contributed by atoms with van der Waals surface area (Å²) in [6.07, 6.45) is -2.94. The molecule has 35 heavy (non-hydrogen) atoms. The fourth-order valence-electron chi connectivity index (χ4n) is 3.95. The first-order valence-electron chi connectivity index (χ1n) is 11.0. The van der Waals surface area contributed by atoms with E-state index in [1.165, 1.54) is 17.4 Å². The van der Waals surface area contributed by atoms with Gasteiger partial charge in [-0.05, 0) is 42.1 Å². The molecule has 0 spiro atoms. The van der Waals surface area contributed by atoms with Crippen LogP contribution in [0.2, 0.25) is 0 Å². The number of benzene rings is 1. The van der Waals surface area contributed by atoms with Crippen LogP contribution in [0.3, 0.4) is 0 Å². The van der Waals surface area contributed by atoms with Crippen LogP contribution in [-0.2, 0) is 6.18 Å². The maximum absolute atomic E-state index is 13.3. The van der Waals surface area contributed by atoms with Crippen molar-refractivity contribution in [2.75, 3.05) is 31.1 Å². The summed E-state index contributed by atoms with van der Waals surface area (Å²) < 4.78 is 40.2. The van der Waals surface area contributed by atoms with Crippen molar-refractivity contribution < 1.29 is 18.0 Å². The third kappa shape index (κ3) is 4.90. The summed E-state index contributed by atoms with van der Waals surface area (Å²) in [6, 6.07) is 15.8. The highest BCUT2D eigenvalue weighted by molar-refractivity contribution is 7.13. The molecule has 3 aromatic heterocycles. The second-order valence-electron chi connectivity index (χ2n) is 8.02. The lowest BCUT2D eigenvalue weighted by molar-refractivity contribution is -0.137. The van der Waals surface area contributed by atoms with Crippen LogP contribution in [0.5, 0.6) is 0 Å². The number of hydrogen-bond acceptors (Lipinski definition) is 6. The van der Waals surface area contributed by atoms with Gasteiger partial charge in [0.1, 0.15) is 5.82 Å². The van der Waals surface area contributed by atoms with Crippen molar-refractivity contribution in [3.05, 3.63) is 77.6 Å². The number of anilines is 1. The molecule has 4 heterocycles. The molecule has 0 aliphatic carbocycles. The van der Waals surface area contributed by atoms with Crippen molar-refractivity contribution in [3.8, 4) is 16.4 Å². The van der Waals surface area contributed by atoms with Crippen LogP contribution in [0.4, 0.5) is 19.0 Å². The number of nitrogens with zero attached hydrogens (tertiary/aromatic N) is 6. The highest BCUT2D eigenvalue weighted by Crippen LogP contribution is 2.30. The Labute approximate surface area is 203 Å². The zero-order valence-electron chi connectivity index (χ0n) is 18.5. The van der Waals surface area contributed by atoms with E-state index in [0.29, 0.717) is 44.2 Å². The summed E-state index contributed by atoms with van der Waals surface area (Å²) in [4.78, 5) is 26.4. The molecular formula is C24H21F3N6OS. The Bertz CT molecular complexity index is 1290. The molecule has 0 N–H and O–H groups in total. The number of carbonyl (C=O) groups is 1. The molecule has 0 saturated carbocycles. The van der Waals surface area contributed by atoms with Gasteiger partial charge in [-0.3, -0.25) is 4.79 Å². The summed E-state index contributed by atoms with van der Waals surface area (Å²) in [5, 5.41) is 6.48. The fraction of sp³-hybridized carbons (Fsp3) is 0.250. The van der Waals surface area contributed by atoms with Crippen molar-refractivity contribution in [2.24, 2.45) is 0 Å². The van der Waals surface area contributed by atoms with Crippen molar-refractivity contribution in [2.45, 2.75) is 12.6 Å². The lowest BCUT2D eigenvalue weighted by atomic mass is 10.2. The molecule has 1 amide bonds. The van der Waals surface area contributed by atoms with E-state index in [2.05, 4.69) is 15.1 Å². The lowest BCUT2D eigenvalue weighted by Crippen LogP contribution is -2.36. The first-order chi connectivity index (χ1) is 16.9. The van der Waals surface area contributed by atoms with Gasteiger partial charge in [-0.25, -0.2) is 14.6 Å². The molecule has 0 radical (unpaired) electrons. The monoisotopic (exact) mass is 498 g/mol. The van der Waals surface area contributed by atoms with Crippen molar-refractivity contribution >= 4 is 23.1 Å². The van der Waals surface area contributed by atoms with Crippen LogP contribution in [0, 0.1) is 0 Å². The standard InChI is InChI=1S/C24H21F3N6OS/c25-24(26,27)17-9-10-20(28-16-17)31-11-5-12-32(14-13-31)23(34)21-29-22(19-8-4-15-35-19)33(30-21)18-6-2-1-3-7-18/h1-4,6-10,15-16H,5,11-14H2. The highest BCUT2D eigenvalue weighted by Gasteiger charge is 2.31. The molecule has 1 aromatic carbocycles. The SMILES string of the molecule is O=C(c1nc(-c2cccs2)n(-c2ccccc2)n1)N1CCCN(c2ccc(C(F)(F)F)cn2)CC1. The van der Waals surface area contributed by atoms with Gasteiger partial charge in [-0.2, -0.15) is 13.2 Å². The van der Waals surface area contributed by atoms with Crippen LogP contribution in [0.1, 0.15) is 22.6 Å². The maximum Gasteiger partial charge on any atom is 0.417 e. The quantitative estimate of drug-likeness (QED) is 0.406. The molecule has 1 aliphatic heterocycles. The molecule has 1 saturated heterocycles. The van der Waals surface area contributed by atoms with Gasteiger partial charge in [-0.1, -0.05) is 24.3 Å². The van der Waals surface area contributed by atoms with Crippen molar-refractivity contribution in [1.82, 2.24) is 24.6 Å². The van der Waals surface area contributed by atoms with E-state index in [0.717, 1.165) is 22.8 Å². The first-order valence-corrected chi connectivity index (χ1v) is 11.9. The molecule has 5 rings (SSSR count). The molecule has 180 valence electrons. The van der Waals surface area contributed by atoms with Crippen molar-refractivity contribution in [1.29, 1.82) is 0 Å². The summed E-state index contributed by atoms with van der Waals surface area (Å²) in [5.41, 5.74) is 0.0207. The number of halogens is 3. The van der Waals surface area contributed by atoms with Crippen LogP contribution in [-0.4, -0.2) is 56.7 Å². The number of carbonyl (C=O) groups excluding carboxylic acids is 1. The average Bonchev–Trinajstić information content (AvgIpc) is 3.49. The molecule has 0 atom stereocenters. The second-order valence-corrected chi connectivity index (χ2v) is 8.97. The average molecular weight is 499 g/mol. The van der Waals surface area contributed by atoms with Gasteiger partial charge in [0.2, 0.25) is 5.82 Å². The summed E-state index contributed by atoms with van der Waals surface area (Å²) in [7, 11) is 0. The van der Waals surface area contributed by atoms with E-state index in [4.69, 9.17) is 0 Å². The van der Waals surface area contributed by atoms with Gasteiger partial charge >= 0.3 is 6.18 Å². The number of amides is 1. The van der Waals surface area contributed by atoms with Crippen molar-refractivity contribution in [3.63, 3.8) is 0 Å². The number of alkyl halides is 3. The molecule has 0 unspecified atom stereocenters.